The second kappa shape index (κ2) is 8.12. The van der Waals surface area contributed by atoms with Crippen LogP contribution in [0.3, 0.4) is 0 Å². The second-order valence-corrected chi connectivity index (χ2v) is 8.98. The molecule has 1 aliphatic rings. The molecule has 134 valence electrons. The van der Waals surface area contributed by atoms with Gasteiger partial charge in [-0.1, -0.05) is 30.7 Å². The summed E-state index contributed by atoms with van der Waals surface area (Å²) in [5, 5.41) is 4.91. The lowest BCUT2D eigenvalue weighted by molar-refractivity contribution is -0.125. The number of hydrogen-bond donors (Lipinski definition) is 1. The molecule has 1 aromatic carbocycles. The zero-order valence-corrected chi connectivity index (χ0v) is 15.6. The highest BCUT2D eigenvalue weighted by Gasteiger charge is 2.37. The lowest BCUT2D eigenvalue weighted by Gasteiger charge is -2.33. The molecule has 1 amide bonds. The molecule has 25 heavy (non-hydrogen) atoms. The van der Waals surface area contributed by atoms with E-state index in [0.717, 1.165) is 19.3 Å². The molecule has 0 radical (unpaired) electrons. The third-order valence-electron chi connectivity index (χ3n) is 4.36. The molecule has 1 fully saturated rings. The normalized spacial score (nSPS) is 18.8. The Hall–Kier alpha value is -1.70. The van der Waals surface area contributed by atoms with E-state index in [2.05, 4.69) is 5.32 Å². The van der Waals surface area contributed by atoms with Crippen LogP contribution in [0.4, 0.5) is 0 Å². The van der Waals surface area contributed by atoms with Crippen molar-refractivity contribution in [2.45, 2.75) is 36.6 Å². The Morgan fingerprint density at radius 3 is 2.68 bits per heavy atom. The summed E-state index contributed by atoms with van der Waals surface area (Å²) in [5.41, 5.74) is 0. The molecule has 0 saturated carbocycles. The number of amides is 1. The fourth-order valence-corrected chi connectivity index (χ4v) is 5.45. The third kappa shape index (κ3) is 4.29. The number of benzene rings is 1. The number of thiophene rings is 1. The van der Waals surface area contributed by atoms with Crippen LogP contribution in [-0.4, -0.2) is 37.8 Å². The summed E-state index contributed by atoms with van der Waals surface area (Å²) in [7, 11) is -3.65. The van der Waals surface area contributed by atoms with E-state index in [1.807, 2.05) is 17.5 Å². The summed E-state index contributed by atoms with van der Waals surface area (Å²) in [5.74, 6) is -0.198. The molecule has 1 N–H and O–H groups in total. The van der Waals surface area contributed by atoms with Crippen molar-refractivity contribution < 1.29 is 13.2 Å². The van der Waals surface area contributed by atoms with Crippen LogP contribution >= 0.6 is 11.3 Å². The molecule has 3 rings (SSSR count). The first-order valence-corrected chi connectivity index (χ1v) is 10.8. The molecular weight excluding hydrogens is 356 g/mol. The molecule has 1 atom stereocenters. The fourth-order valence-electron chi connectivity index (χ4n) is 3.06. The van der Waals surface area contributed by atoms with E-state index >= 15 is 0 Å². The Kier molecular flexibility index (Phi) is 5.88. The highest BCUT2D eigenvalue weighted by atomic mass is 32.2. The van der Waals surface area contributed by atoms with Crippen molar-refractivity contribution in [3.63, 3.8) is 0 Å². The lowest BCUT2D eigenvalue weighted by atomic mass is 10.0. The van der Waals surface area contributed by atoms with Gasteiger partial charge in [0.25, 0.3) is 0 Å². The highest BCUT2D eigenvalue weighted by Crippen LogP contribution is 2.25. The van der Waals surface area contributed by atoms with E-state index in [0.29, 0.717) is 19.5 Å². The van der Waals surface area contributed by atoms with Gasteiger partial charge in [0.15, 0.2) is 0 Å². The standard InChI is InChI=1S/C18H22N2O3S2/c21-18(19-12-11-15-7-6-14-24-15)17-10-4-5-13-20(17)25(22,23)16-8-2-1-3-9-16/h1-3,6-9,14,17H,4-5,10-13H2,(H,19,21)/t17-/m0/s1. The number of carbonyl (C=O) groups excluding carboxylic acids is 1. The maximum Gasteiger partial charge on any atom is 0.243 e. The summed E-state index contributed by atoms with van der Waals surface area (Å²) in [4.78, 5) is 14.1. The Labute approximate surface area is 152 Å². The van der Waals surface area contributed by atoms with Gasteiger partial charge in [-0.05, 0) is 42.8 Å². The van der Waals surface area contributed by atoms with Crippen molar-refractivity contribution >= 4 is 27.3 Å². The van der Waals surface area contributed by atoms with E-state index in [1.165, 1.54) is 9.18 Å². The Morgan fingerprint density at radius 2 is 1.96 bits per heavy atom. The van der Waals surface area contributed by atoms with Crippen LogP contribution in [-0.2, 0) is 21.2 Å². The minimum atomic E-state index is -3.65. The molecule has 1 aromatic heterocycles. The van der Waals surface area contributed by atoms with Gasteiger partial charge >= 0.3 is 0 Å². The van der Waals surface area contributed by atoms with Crippen LogP contribution in [0.25, 0.3) is 0 Å². The van der Waals surface area contributed by atoms with Crippen LogP contribution in [0.5, 0.6) is 0 Å². The largest absolute Gasteiger partial charge is 0.354 e. The minimum Gasteiger partial charge on any atom is -0.354 e. The van der Waals surface area contributed by atoms with Crippen molar-refractivity contribution in [1.29, 1.82) is 0 Å². The Bertz CT molecular complexity index is 789. The first kappa shape index (κ1) is 18.1. The van der Waals surface area contributed by atoms with E-state index < -0.39 is 16.1 Å². The van der Waals surface area contributed by atoms with Crippen LogP contribution in [0, 0.1) is 0 Å². The molecule has 2 heterocycles. The van der Waals surface area contributed by atoms with E-state index in [-0.39, 0.29) is 10.8 Å². The maximum absolute atomic E-state index is 12.9. The van der Waals surface area contributed by atoms with E-state index in [4.69, 9.17) is 0 Å². The van der Waals surface area contributed by atoms with Gasteiger partial charge in [-0.2, -0.15) is 4.31 Å². The van der Waals surface area contributed by atoms with Crippen molar-refractivity contribution in [2.75, 3.05) is 13.1 Å². The molecule has 0 unspecified atom stereocenters. The van der Waals surface area contributed by atoms with Gasteiger partial charge < -0.3 is 5.32 Å². The summed E-state index contributed by atoms with van der Waals surface area (Å²) >= 11 is 1.65. The fraction of sp³-hybridized carbons (Fsp3) is 0.389. The number of nitrogens with one attached hydrogen (secondary N) is 1. The number of carbonyl (C=O) groups is 1. The number of piperidine rings is 1. The van der Waals surface area contributed by atoms with Crippen LogP contribution in [0.1, 0.15) is 24.1 Å². The number of hydrogen-bond acceptors (Lipinski definition) is 4. The third-order valence-corrected chi connectivity index (χ3v) is 7.22. The average Bonchev–Trinajstić information content (AvgIpc) is 3.16. The second-order valence-electron chi connectivity index (χ2n) is 6.06. The van der Waals surface area contributed by atoms with Crippen molar-refractivity contribution in [3.05, 3.63) is 52.7 Å². The van der Waals surface area contributed by atoms with E-state index in [1.54, 1.807) is 41.7 Å². The Morgan fingerprint density at radius 1 is 1.16 bits per heavy atom. The maximum atomic E-state index is 12.9. The molecule has 0 bridgehead atoms. The smallest absolute Gasteiger partial charge is 0.243 e. The van der Waals surface area contributed by atoms with Gasteiger partial charge in [-0.15, -0.1) is 11.3 Å². The number of sulfonamides is 1. The summed E-state index contributed by atoms with van der Waals surface area (Å²) in [6.45, 7) is 0.912. The van der Waals surface area contributed by atoms with Crippen molar-refractivity contribution in [2.24, 2.45) is 0 Å². The SMILES string of the molecule is O=C(NCCc1cccs1)[C@@H]1CCCCN1S(=O)(=O)c1ccccc1. The molecule has 2 aromatic rings. The van der Waals surface area contributed by atoms with Gasteiger partial charge in [0, 0.05) is 18.0 Å². The molecule has 0 spiro atoms. The number of nitrogens with zero attached hydrogens (tertiary/aromatic N) is 1. The predicted octanol–water partition coefficient (Wildman–Crippen LogP) is 2.65. The van der Waals surface area contributed by atoms with Crippen LogP contribution in [0.2, 0.25) is 0 Å². The van der Waals surface area contributed by atoms with Gasteiger partial charge in [-0.3, -0.25) is 4.79 Å². The zero-order chi connectivity index (χ0) is 17.7. The minimum absolute atomic E-state index is 0.198. The monoisotopic (exact) mass is 378 g/mol. The number of rotatable bonds is 6. The topological polar surface area (TPSA) is 66.5 Å². The van der Waals surface area contributed by atoms with Crippen LogP contribution < -0.4 is 5.32 Å². The van der Waals surface area contributed by atoms with Gasteiger partial charge in [0.2, 0.25) is 15.9 Å². The molecule has 0 aliphatic carbocycles. The summed E-state index contributed by atoms with van der Waals surface area (Å²) in [6, 6.07) is 11.7. The van der Waals surface area contributed by atoms with Gasteiger partial charge in [0.1, 0.15) is 6.04 Å². The van der Waals surface area contributed by atoms with Crippen molar-refractivity contribution in [3.8, 4) is 0 Å². The van der Waals surface area contributed by atoms with Gasteiger partial charge in [0.05, 0.1) is 4.90 Å². The molecule has 1 saturated heterocycles. The van der Waals surface area contributed by atoms with Crippen molar-refractivity contribution in [1.82, 2.24) is 9.62 Å². The zero-order valence-electron chi connectivity index (χ0n) is 13.9. The Balaban J connectivity index is 1.69. The average molecular weight is 379 g/mol. The lowest BCUT2D eigenvalue weighted by Crippen LogP contribution is -2.52. The predicted molar refractivity (Wildman–Crippen MR) is 99.0 cm³/mol. The van der Waals surface area contributed by atoms with E-state index in [9.17, 15) is 13.2 Å². The molecular formula is C18H22N2O3S2. The van der Waals surface area contributed by atoms with Crippen LogP contribution in [0.15, 0.2) is 52.7 Å². The summed E-state index contributed by atoms with van der Waals surface area (Å²) < 4.78 is 27.2. The summed E-state index contributed by atoms with van der Waals surface area (Å²) in [6.07, 6.45) is 2.98. The molecule has 1 aliphatic heterocycles. The molecule has 7 heteroatoms. The highest BCUT2D eigenvalue weighted by molar-refractivity contribution is 7.89. The quantitative estimate of drug-likeness (QED) is 0.840. The van der Waals surface area contributed by atoms with Gasteiger partial charge in [-0.25, -0.2) is 8.42 Å². The molecule has 5 nitrogen and oxygen atoms in total. The first-order chi connectivity index (χ1) is 12.1. The first-order valence-electron chi connectivity index (χ1n) is 8.46.